The van der Waals surface area contributed by atoms with Crippen molar-refractivity contribution in [3.8, 4) is 0 Å². The Hall–Kier alpha value is -2.01. The Bertz CT molecular complexity index is 701. The molecule has 0 saturated heterocycles. The molecular weight excluding hydrogens is 260 g/mol. The highest BCUT2D eigenvalue weighted by Gasteiger charge is 2.10. The van der Waals surface area contributed by atoms with Crippen LogP contribution in [0.5, 0.6) is 0 Å². The molecule has 0 saturated carbocycles. The van der Waals surface area contributed by atoms with Crippen molar-refractivity contribution in [3.63, 3.8) is 0 Å². The number of aromatic amines is 2. The van der Waals surface area contributed by atoms with Crippen molar-refractivity contribution in [2.24, 2.45) is 0 Å². The number of rotatable bonds is 4. The van der Waals surface area contributed by atoms with Crippen molar-refractivity contribution >= 4 is 17.3 Å². The zero-order valence-electron chi connectivity index (χ0n) is 10.5. The molecule has 0 aliphatic heterocycles. The normalized spacial score (nSPS) is 10.4. The van der Waals surface area contributed by atoms with E-state index in [2.05, 4.69) is 16.5 Å². The van der Waals surface area contributed by atoms with Gasteiger partial charge in [-0.3, -0.25) is 9.78 Å². The van der Waals surface area contributed by atoms with E-state index in [-0.39, 0.29) is 5.56 Å². The second-order valence-electron chi connectivity index (χ2n) is 4.17. The summed E-state index contributed by atoms with van der Waals surface area (Å²) in [5, 5.41) is 0. The van der Waals surface area contributed by atoms with E-state index >= 15 is 0 Å². The minimum absolute atomic E-state index is 0.373. The van der Waals surface area contributed by atoms with Crippen LogP contribution in [0.4, 0.5) is 0 Å². The van der Waals surface area contributed by atoms with Gasteiger partial charge < -0.3 is 4.98 Å². The molecule has 98 valence electrons. The first-order chi connectivity index (χ1) is 9.08. The van der Waals surface area contributed by atoms with E-state index in [0.717, 1.165) is 5.56 Å². The number of H-pyrrole nitrogens is 2. The maximum atomic E-state index is 11.8. The van der Waals surface area contributed by atoms with Gasteiger partial charge in [-0.2, -0.15) is 0 Å². The maximum Gasteiger partial charge on any atom is 0.326 e. The van der Waals surface area contributed by atoms with Gasteiger partial charge >= 0.3 is 5.69 Å². The summed E-state index contributed by atoms with van der Waals surface area (Å²) in [5.41, 5.74) is 1.41. The summed E-state index contributed by atoms with van der Waals surface area (Å²) in [5.74, 6) is 0.663. The first kappa shape index (κ1) is 13.4. The number of aromatic nitrogens is 2. The highest BCUT2D eigenvalue weighted by Crippen LogP contribution is 2.24. The lowest BCUT2D eigenvalue weighted by atomic mass is 10.2. The molecule has 0 fully saturated rings. The third-order valence-electron chi connectivity index (χ3n) is 2.55. The van der Waals surface area contributed by atoms with Crippen LogP contribution < -0.4 is 11.2 Å². The Morgan fingerprint density at radius 2 is 1.89 bits per heavy atom. The van der Waals surface area contributed by atoms with E-state index in [1.807, 2.05) is 30.3 Å². The van der Waals surface area contributed by atoms with Gasteiger partial charge in [0.1, 0.15) is 0 Å². The molecule has 1 aromatic carbocycles. The number of nitrogens with one attached hydrogen (secondary N) is 2. The molecule has 1 heterocycles. The molecule has 2 rings (SSSR count). The van der Waals surface area contributed by atoms with Crippen LogP contribution >= 0.6 is 11.8 Å². The Morgan fingerprint density at radius 1 is 1.21 bits per heavy atom. The summed E-state index contributed by atoms with van der Waals surface area (Å²) >= 11 is 1.39. The van der Waals surface area contributed by atoms with E-state index in [1.165, 1.54) is 11.8 Å². The van der Waals surface area contributed by atoms with Crippen molar-refractivity contribution in [2.75, 3.05) is 0 Å². The molecule has 5 heteroatoms. The fraction of sp³-hybridized carbons (Fsp3) is 0.143. The van der Waals surface area contributed by atoms with Crippen LogP contribution in [0.1, 0.15) is 18.2 Å². The summed E-state index contributed by atoms with van der Waals surface area (Å²) in [6.07, 6.45) is 0. The van der Waals surface area contributed by atoms with Gasteiger partial charge in [-0.25, -0.2) is 4.79 Å². The van der Waals surface area contributed by atoms with Crippen LogP contribution in [0.3, 0.4) is 0 Å². The maximum absolute atomic E-state index is 11.8. The Morgan fingerprint density at radius 3 is 2.53 bits per heavy atom. The summed E-state index contributed by atoms with van der Waals surface area (Å²) in [6, 6.07) is 9.83. The quantitative estimate of drug-likeness (QED) is 0.841. The Kier molecular flexibility index (Phi) is 4.06. The predicted molar refractivity (Wildman–Crippen MR) is 78.4 cm³/mol. The van der Waals surface area contributed by atoms with E-state index in [1.54, 1.807) is 6.92 Å². The molecule has 0 unspecified atom stereocenters. The van der Waals surface area contributed by atoms with Gasteiger partial charge in [-0.15, -0.1) is 11.8 Å². The largest absolute Gasteiger partial charge is 0.326 e. The fourth-order valence-corrected chi connectivity index (χ4v) is 2.70. The first-order valence-electron chi connectivity index (χ1n) is 5.77. The lowest BCUT2D eigenvalue weighted by Crippen LogP contribution is -2.25. The van der Waals surface area contributed by atoms with Crippen molar-refractivity contribution in [3.05, 3.63) is 69.0 Å². The third-order valence-corrected chi connectivity index (χ3v) is 3.71. The van der Waals surface area contributed by atoms with Crippen LogP contribution in [0.25, 0.3) is 5.57 Å². The van der Waals surface area contributed by atoms with Gasteiger partial charge in [0.25, 0.3) is 5.56 Å². The van der Waals surface area contributed by atoms with Gasteiger partial charge in [-0.1, -0.05) is 36.9 Å². The van der Waals surface area contributed by atoms with E-state index in [4.69, 9.17) is 0 Å². The topological polar surface area (TPSA) is 65.7 Å². The van der Waals surface area contributed by atoms with Crippen molar-refractivity contribution in [1.82, 2.24) is 9.97 Å². The zero-order chi connectivity index (χ0) is 13.8. The third kappa shape index (κ3) is 3.26. The highest BCUT2D eigenvalue weighted by molar-refractivity contribution is 7.98. The highest BCUT2D eigenvalue weighted by atomic mass is 32.2. The summed E-state index contributed by atoms with van der Waals surface area (Å²) < 4.78 is 0. The van der Waals surface area contributed by atoms with Gasteiger partial charge in [0, 0.05) is 5.75 Å². The minimum Gasteiger partial charge on any atom is -0.306 e. The fourth-order valence-electron chi connectivity index (χ4n) is 1.64. The SMILES string of the molecule is C=C(C)c1[nH]c(=O)[nH]c(=O)c1SCc1ccccc1. The summed E-state index contributed by atoms with van der Waals surface area (Å²) in [6.45, 7) is 5.55. The van der Waals surface area contributed by atoms with E-state index in [9.17, 15) is 9.59 Å². The Labute approximate surface area is 114 Å². The lowest BCUT2D eigenvalue weighted by molar-refractivity contribution is 0.956. The van der Waals surface area contributed by atoms with E-state index in [0.29, 0.717) is 21.9 Å². The molecule has 0 amide bonds. The average Bonchev–Trinajstić information content (AvgIpc) is 2.38. The molecule has 1 aromatic heterocycles. The van der Waals surface area contributed by atoms with Crippen LogP contribution in [0.2, 0.25) is 0 Å². The van der Waals surface area contributed by atoms with Gasteiger partial charge in [0.15, 0.2) is 0 Å². The molecule has 0 atom stereocenters. The molecule has 0 bridgehead atoms. The van der Waals surface area contributed by atoms with Crippen LogP contribution in [0.15, 0.2) is 51.4 Å². The molecule has 0 aliphatic carbocycles. The molecule has 0 spiro atoms. The predicted octanol–water partition coefficient (Wildman–Crippen LogP) is 2.39. The van der Waals surface area contributed by atoms with Crippen LogP contribution in [0, 0.1) is 0 Å². The summed E-state index contributed by atoms with van der Waals surface area (Å²) in [7, 11) is 0. The minimum atomic E-state index is -0.507. The van der Waals surface area contributed by atoms with Gasteiger partial charge in [0.05, 0.1) is 10.6 Å². The standard InChI is InChI=1S/C14H14N2O2S/c1-9(2)11-12(13(17)16-14(18)15-11)19-8-10-6-4-3-5-7-10/h3-7H,1,8H2,2H3,(H2,15,16,17,18). The number of benzene rings is 1. The average molecular weight is 274 g/mol. The smallest absolute Gasteiger partial charge is 0.306 e. The molecular formula is C14H14N2O2S. The van der Waals surface area contributed by atoms with Gasteiger partial charge in [-0.05, 0) is 18.1 Å². The van der Waals surface area contributed by atoms with Gasteiger partial charge in [0.2, 0.25) is 0 Å². The molecule has 4 nitrogen and oxygen atoms in total. The zero-order valence-corrected chi connectivity index (χ0v) is 11.3. The van der Waals surface area contributed by atoms with Crippen LogP contribution in [-0.2, 0) is 5.75 Å². The van der Waals surface area contributed by atoms with Crippen molar-refractivity contribution in [2.45, 2.75) is 17.6 Å². The number of hydrogen-bond acceptors (Lipinski definition) is 3. The summed E-state index contributed by atoms with van der Waals surface area (Å²) in [4.78, 5) is 28.5. The number of thioether (sulfide) groups is 1. The molecule has 0 aliphatic rings. The molecule has 2 N–H and O–H groups in total. The molecule has 2 aromatic rings. The Balaban J connectivity index is 2.32. The monoisotopic (exact) mass is 274 g/mol. The van der Waals surface area contributed by atoms with Crippen LogP contribution in [-0.4, -0.2) is 9.97 Å². The second-order valence-corrected chi connectivity index (χ2v) is 5.15. The number of hydrogen-bond donors (Lipinski definition) is 2. The second kappa shape index (κ2) is 5.75. The molecule has 0 radical (unpaired) electrons. The van der Waals surface area contributed by atoms with E-state index < -0.39 is 5.69 Å². The van der Waals surface area contributed by atoms with Crippen molar-refractivity contribution in [1.29, 1.82) is 0 Å². The molecule has 19 heavy (non-hydrogen) atoms. The number of allylic oxidation sites excluding steroid dienone is 1. The van der Waals surface area contributed by atoms with Crippen molar-refractivity contribution < 1.29 is 0 Å². The first-order valence-corrected chi connectivity index (χ1v) is 6.75. The lowest BCUT2D eigenvalue weighted by Gasteiger charge is -2.07.